The first kappa shape index (κ1) is 21.6. The second-order valence-corrected chi connectivity index (χ2v) is 8.16. The van der Waals surface area contributed by atoms with E-state index >= 15 is 0 Å². The third-order valence-corrected chi connectivity index (χ3v) is 5.69. The van der Waals surface area contributed by atoms with Crippen LogP contribution in [0.25, 0.3) is 22.6 Å². The van der Waals surface area contributed by atoms with Gasteiger partial charge >= 0.3 is 0 Å². The van der Waals surface area contributed by atoms with E-state index in [0.717, 1.165) is 34.4 Å². The maximum atomic E-state index is 12.5. The van der Waals surface area contributed by atoms with Crippen molar-refractivity contribution in [2.24, 2.45) is 0 Å². The summed E-state index contributed by atoms with van der Waals surface area (Å²) in [6.45, 7) is 8.68. The summed E-state index contributed by atoms with van der Waals surface area (Å²) in [5.74, 6) is 1.25. The highest BCUT2D eigenvalue weighted by Crippen LogP contribution is 2.26. The van der Waals surface area contributed by atoms with Gasteiger partial charge in [-0.1, -0.05) is 19.1 Å². The Morgan fingerprint density at radius 1 is 1.03 bits per heavy atom. The molecule has 5 heteroatoms. The third kappa shape index (κ3) is 4.83. The molecule has 164 valence electrons. The maximum absolute atomic E-state index is 12.5. The van der Waals surface area contributed by atoms with Crippen LogP contribution in [0.1, 0.15) is 47.3 Å². The Balaban J connectivity index is 1.38. The maximum Gasteiger partial charge on any atom is 0.251 e. The topological polar surface area (TPSA) is 64.4 Å². The van der Waals surface area contributed by atoms with Gasteiger partial charge in [-0.15, -0.1) is 0 Å². The van der Waals surface area contributed by atoms with Crippen molar-refractivity contribution in [2.75, 3.05) is 0 Å². The van der Waals surface area contributed by atoms with Crippen molar-refractivity contribution in [1.29, 1.82) is 0 Å². The number of oxazole rings is 1. The van der Waals surface area contributed by atoms with Crippen LogP contribution in [0, 0.1) is 13.8 Å². The standard InChI is InChI=1S/C27H28N2O3/c1-5-19(4)31-23-12-10-21(11-13-23)26(30)28-16-20-6-8-22(9-7-20)27-29-24-14-17(2)18(3)15-25(24)32-27/h6-15,19H,5,16H2,1-4H3,(H,28,30). The van der Waals surface area contributed by atoms with Crippen LogP contribution in [-0.4, -0.2) is 17.0 Å². The molecule has 0 spiro atoms. The van der Waals surface area contributed by atoms with Crippen LogP contribution >= 0.6 is 0 Å². The molecule has 0 bridgehead atoms. The molecule has 0 saturated carbocycles. The Labute approximate surface area is 188 Å². The number of aromatic nitrogens is 1. The molecule has 1 amide bonds. The average Bonchev–Trinajstić information content (AvgIpc) is 3.21. The van der Waals surface area contributed by atoms with Crippen molar-refractivity contribution in [3.63, 3.8) is 0 Å². The van der Waals surface area contributed by atoms with Gasteiger partial charge in [0.05, 0.1) is 6.10 Å². The van der Waals surface area contributed by atoms with E-state index in [1.165, 1.54) is 11.1 Å². The van der Waals surface area contributed by atoms with Gasteiger partial charge in [-0.2, -0.15) is 0 Å². The fourth-order valence-corrected chi connectivity index (χ4v) is 3.35. The highest BCUT2D eigenvalue weighted by Gasteiger charge is 2.11. The first-order valence-corrected chi connectivity index (χ1v) is 10.9. The summed E-state index contributed by atoms with van der Waals surface area (Å²) in [6.07, 6.45) is 1.09. The van der Waals surface area contributed by atoms with E-state index in [1.807, 2.05) is 55.5 Å². The van der Waals surface area contributed by atoms with Crippen LogP contribution in [0.3, 0.4) is 0 Å². The van der Waals surface area contributed by atoms with Crippen LogP contribution in [0.5, 0.6) is 5.75 Å². The second kappa shape index (κ2) is 9.27. The van der Waals surface area contributed by atoms with Gasteiger partial charge in [0.1, 0.15) is 11.3 Å². The summed E-state index contributed by atoms with van der Waals surface area (Å²) in [7, 11) is 0. The Morgan fingerprint density at radius 3 is 2.41 bits per heavy atom. The molecular formula is C27H28N2O3. The highest BCUT2D eigenvalue weighted by molar-refractivity contribution is 5.94. The highest BCUT2D eigenvalue weighted by atomic mass is 16.5. The van der Waals surface area contributed by atoms with E-state index < -0.39 is 0 Å². The fourth-order valence-electron chi connectivity index (χ4n) is 3.35. The van der Waals surface area contributed by atoms with Crippen molar-refractivity contribution in [2.45, 2.75) is 46.8 Å². The van der Waals surface area contributed by atoms with Crippen molar-refractivity contribution >= 4 is 17.0 Å². The summed E-state index contributed by atoms with van der Waals surface area (Å²) in [6, 6.07) is 19.2. The minimum Gasteiger partial charge on any atom is -0.491 e. The Bertz CT molecular complexity index is 1190. The van der Waals surface area contributed by atoms with Crippen LogP contribution in [0.15, 0.2) is 65.1 Å². The zero-order valence-electron chi connectivity index (χ0n) is 18.9. The number of rotatable bonds is 7. The van der Waals surface area contributed by atoms with Crippen molar-refractivity contribution < 1.29 is 13.9 Å². The van der Waals surface area contributed by atoms with Gasteiger partial charge < -0.3 is 14.5 Å². The molecule has 0 fully saturated rings. The molecule has 0 radical (unpaired) electrons. The predicted octanol–water partition coefficient (Wildman–Crippen LogP) is 6.22. The number of hydrogen-bond acceptors (Lipinski definition) is 4. The quantitative estimate of drug-likeness (QED) is 0.380. The molecule has 32 heavy (non-hydrogen) atoms. The number of carbonyl (C=O) groups is 1. The van der Waals surface area contributed by atoms with Crippen LogP contribution < -0.4 is 10.1 Å². The number of ether oxygens (including phenoxy) is 1. The van der Waals surface area contributed by atoms with E-state index in [-0.39, 0.29) is 12.0 Å². The number of carbonyl (C=O) groups excluding carboxylic acids is 1. The minimum absolute atomic E-state index is 0.117. The van der Waals surface area contributed by atoms with Crippen LogP contribution in [0.4, 0.5) is 0 Å². The molecule has 4 rings (SSSR count). The molecule has 0 aliphatic heterocycles. The number of amides is 1. The van der Waals surface area contributed by atoms with E-state index in [1.54, 1.807) is 12.1 Å². The van der Waals surface area contributed by atoms with Crippen LogP contribution in [0.2, 0.25) is 0 Å². The largest absolute Gasteiger partial charge is 0.491 e. The van der Waals surface area contributed by atoms with Crippen molar-refractivity contribution in [3.8, 4) is 17.2 Å². The van der Waals surface area contributed by atoms with Gasteiger partial charge in [-0.3, -0.25) is 4.79 Å². The first-order valence-electron chi connectivity index (χ1n) is 10.9. The lowest BCUT2D eigenvalue weighted by Gasteiger charge is -2.12. The summed E-state index contributed by atoms with van der Waals surface area (Å²) >= 11 is 0. The summed E-state index contributed by atoms with van der Waals surface area (Å²) in [5, 5.41) is 2.96. The average molecular weight is 429 g/mol. The van der Waals surface area contributed by atoms with Gasteiger partial charge in [-0.05, 0) is 92.4 Å². The number of nitrogens with one attached hydrogen (secondary N) is 1. The third-order valence-electron chi connectivity index (χ3n) is 5.69. The van der Waals surface area contributed by atoms with E-state index in [0.29, 0.717) is 18.0 Å². The molecular weight excluding hydrogens is 400 g/mol. The molecule has 0 aliphatic rings. The fraction of sp³-hybridized carbons (Fsp3) is 0.259. The van der Waals surface area contributed by atoms with Crippen LogP contribution in [-0.2, 0) is 6.54 Å². The van der Waals surface area contributed by atoms with E-state index in [4.69, 9.17) is 9.15 Å². The lowest BCUT2D eigenvalue weighted by atomic mass is 10.1. The number of nitrogens with zero attached hydrogens (tertiary/aromatic N) is 1. The SMILES string of the molecule is CCC(C)Oc1ccc(C(=O)NCc2ccc(-c3nc4cc(C)c(C)cc4o3)cc2)cc1. The number of benzene rings is 3. The molecule has 0 aliphatic carbocycles. The monoisotopic (exact) mass is 428 g/mol. The number of fused-ring (bicyclic) bond motifs is 1. The summed E-state index contributed by atoms with van der Waals surface area (Å²) in [5.41, 5.74) is 6.55. The van der Waals surface area contributed by atoms with Gasteiger partial charge in [0.2, 0.25) is 5.89 Å². The zero-order chi connectivity index (χ0) is 22.7. The summed E-state index contributed by atoms with van der Waals surface area (Å²) < 4.78 is 11.7. The molecule has 1 N–H and O–H groups in total. The summed E-state index contributed by atoms with van der Waals surface area (Å²) in [4.78, 5) is 17.1. The van der Waals surface area contributed by atoms with Gasteiger partial charge in [0.15, 0.2) is 5.58 Å². The van der Waals surface area contributed by atoms with Gasteiger partial charge in [0.25, 0.3) is 5.91 Å². The molecule has 1 heterocycles. The lowest BCUT2D eigenvalue weighted by Crippen LogP contribution is -2.22. The van der Waals surface area contributed by atoms with Gasteiger partial charge in [0, 0.05) is 17.7 Å². The lowest BCUT2D eigenvalue weighted by molar-refractivity contribution is 0.0951. The van der Waals surface area contributed by atoms with Crippen molar-refractivity contribution in [1.82, 2.24) is 10.3 Å². The van der Waals surface area contributed by atoms with Crippen molar-refractivity contribution in [3.05, 3.63) is 82.9 Å². The second-order valence-electron chi connectivity index (χ2n) is 8.16. The smallest absolute Gasteiger partial charge is 0.251 e. The Hall–Kier alpha value is -3.60. The van der Waals surface area contributed by atoms with E-state index in [9.17, 15) is 4.79 Å². The molecule has 1 unspecified atom stereocenters. The molecule has 4 aromatic rings. The van der Waals surface area contributed by atoms with Gasteiger partial charge in [-0.25, -0.2) is 4.98 Å². The predicted molar refractivity (Wildman–Crippen MR) is 127 cm³/mol. The number of aryl methyl sites for hydroxylation is 2. The van der Waals surface area contributed by atoms with E-state index in [2.05, 4.69) is 31.1 Å². The minimum atomic E-state index is -0.117. The number of hydrogen-bond donors (Lipinski definition) is 1. The zero-order valence-corrected chi connectivity index (χ0v) is 18.9. The molecule has 0 saturated heterocycles. The Morgan fingerprint density at radius 2 is 1.72 bits per heavy atom. The first-order chi connectivity index (χ1) is 15.4. The molecule has 1 aromatic heterocycles. The normalized spacial score (nSPS) is 12.0. The Kier molecular flexibility index (Phi) is 6.26. The molecule has 1 atom stereocenters. The molecule has 3 aromatic carbocycles. The molecule has 5 nitrogen and oxygen atoms in total.